The molecule has 0 atom stereocenters. The van der Waals surface area contributed by atoms with Gasteiger partial charge < -0.3 is 4.79 Å². The van der Waals surface area contributed by atoms with Crippen LogP contribution < -0.4 is 0 Å². The first-order valence-corrected chi connectivity index (χ1v) is 8.86. The zero-order chi connectivity index (χ0) is 14.4. The van der Waals surface area contributed by atoms with Crippen molar-refractivity contribution in [2.24, 2.45) is 23.7 Å². The van der Waals surface area contributed by atoms with E-state index in [1.807, 2.05) is 0 Å². The number of carbonyl (C=O) groups excluding carboxylic acids is 1. The van der Waals surface area contributed by atoms with Gasteiger partial charge in [-0.15, -0.1) is 0 Å². The third kappa shape index (κ3) is 4.46. The molecule has 20 heavy (non-hydrogen) atoms. The van der Waals surface area contributed by atoms with Gasteiger partial charge in [0.25, 0.3) is 0 Å². The molecule has 0 heterocycles. The molecule has 2 saturated carbocycles. The van der Waals surface area contributed by atoms with E-state index in [1.165, 1.54) is 57.7 Å². The maximum atomic E-state index is 10.8. The third-order valence-electron chi connectivity index (χ3n) is 5.70. The van der Waals surface area contributed by atoms with Gasteiger partial charge in [0.1, 0.15) is 6.29 Å². The Labute approximate surface area is 125 Å². The quantitative estimate of drug-likeness (QED) is 0.475. The molecular formula is C19H32O. The Balaban J connectivity index is 1.78. The fraction of sp³-hybridized carbons (Fsp3) is 0.842. The minimum atomic E-state index is 0.351. The SMILES string of the molecule is CCCC1CCC(C(C)=CC2CCC(C=O)CC2)CC1. The van der Waals surface area contributed by atoms with Gasteiger partial charge in [-0.05, 0) is 76.0 Å². The van der Waals surface area contributed by atoms with Gasteiger partial charge in [0, 0.05) is 5.92 Å². The van der Waals surface area contributed by atoms with Crippen LogP contribution in [-0.2, 0) is 4.79 Å². The number of carbonyl (C=O) groups is 1. The first kappa shape index (κ1) is 15.8. The van der Waals surface area contributed by atoms with Gasteiger partial charge in [-0.1, -0.05) is 31.4 Å². The van der Waals surface area contributed by atoms with E-state index in [-0.39, 0.29) is 0 Å². The van der Waals surface area contributed by atoms with Crippen molar-refractivity contribution in [1.29, 1.82) is 0 Å². The van der Waals surface area contributed by atoms with Gasteiger partial charge >= 0.3 is 0 Å². The maximum Gasteiger partial charge on any atom is 0.123 e. The summed E-state index contributed by atoms with van der Waals surface area (Å²) in [5.41, 5.74) is 1.65. The number of hydrogen-bond acceptors (Lipinski definition) is 1. The van der Waals surface area contributed by atoms with Crippen molar-refractivity contribution in [2.75, 3.05) is 0 Å². The van der Waals surface area contributed by atoms with Crippen molar-refractivity contribution in [3.05, 3.63) is 11.6 Å². The van der Waals surface area contributed by atoms with E-state index in [9.17, 15) is 4.79 Å². The molecule has 0 aromatic heterocycles. The minimum Gasteiger partial charge on any atom is -0.303 e. The molecule has 0 aromatic rings. The Kier molecular flexibility index (Phi) is 6.32. The van der Waals surface area contributed by atoms with E-state index in [2.05, 4.69) is 19.9 Å². The number of hydrogen-bond donors (Lipinski definition) is 0. The molecule has 0 aromatic carbocycles. The highest BCUT2D eigenvalue weighted by Gasteiger charge is 2.23. The van der Waals surface area contributed by atoms with E-state index in [1.54, 1.807) is 5.57 Å². The largest absolute Gasteiger partial charge is 0.303 e. The van der Waals surface area contributed by atoms with E-state index in [4.69, 9.17) is 0 Å². The van der Waals surface area contributed by atoms with Gasteiger partial charge in [-0.25, -0.2) is 0 Å². The lowest BCUT2D eigenvalue weighted by Gasteiger charge is -2.30. The molecule has 0 spiro atoms. The van der Waals surface area contributed by atoms with Crippen molar-refractivity contribution in [1.82, 2.24) is 0 Å². The molecule has 2 aliphatic carbocycles. The van der Waals surface area contributed by atoms with Crippen LogP contribution in [0.15, 0.2) is 11.6 Å². The molecule has 0 amide bonds. The summed E-state index contributed by atoms with van der Waals surface area (Å²) in [5.74, 6) is 2.96. The molecule has 114 valence electrons. The monoisotopic (exact) mass is 276 g/mol. The average molecular weight is 276 g/mol. The van der Waals surface area contributed by atoms with Crippen LogP contribution in [0.3, 0.4) is 0 Å². The summed E-state index contributed by atoms with van der Waals surface area (Å²) in [5, 5.41) is 0. The van der Waals surface area contributed by atoms with Gasteiger partial charge in [0.05, 0.1) is 0 Å². The summed E-state index contributed by atoms with van der Waals surface area (Å²) >= 11 is 0. The Morgan fingerprint density at radius 2 is 1.55 bits per heavy atom. The standard InChI is InChI=1S/C19H32O/c1-3-4-16-9-11-19(12-10-16)15(2)13-17-5-7-18(14-20)8-6-17/h13-14,16-19H,3-12H2,1-2H3. The fourth-order valence-electron chi connectivity index (χ4n) is 4.27. The van der Waals surface area contributed by atoms with Crippen molar-refractivity contribution >= 4 is 6.29 Å². The lowest BCUT2D eigenvalue weighted by Crippen LogP contribution is -2.17. The van der Waals surface area contributed by atoms with Crippen molar-refractivity contribution in [3.63, 3.8) is 0 Å². The summed E-state index contributed by atoms with van der Waals surface area (Å²) < 4.78 is 0. The third-order valence-corrected chi connectivity index (χ3v) is 5.70. The summed E-state index contributed by atoms with van der Waals surface area (Å²) in [7, 11) is 0. The Hall–Kier alpha value is -0.590. The molecule has 0 bridgehead atoms. The van der Waals surface area contributed by atoms with Crippen LogP contribution in [0.1, 0.15) is 78.1 Å². The van der Waals surface area contributed by atoms with Crippen LogP contribution in [-0.4, -0.2) is 6.29 Å². The van der Waals surface area contributed by atoms with Gasteiger partial charge in [0.2, 0.25) is 0 Å². The van der Waals surface area contributed by atoms with Crippen LogP contribution in [0.25, 0.3) is 0 Å². The summed E-state index contributed by atoms with van der Waals surface area (Å²) in [4.78, 5) is 10.8. The first-order chi connectivity index (χ1) is 9.72. The van der Waals surface area contributed by atoms with Crippen LogP contribution in [0.4, 0.5) is 0 Å². The minimum absolute atomic E-state index is 0.351. The molecule has 0 aliphatic heterocycles. The van der Waals surface area contributed by atoms with Gasteiger partial charge in [-0.3, -0.25) is 0 Å². The summed E-state index contributed by atoms with van der Waals surface area (Å²) in [6.45, 7) is 4.67. The van der Waals surface area contributed by atoms with Crippen LogP contribution >= 0.6 is 0 Å². The van der Waals surface area contributed by atoms with Crippen LogP contribution in [0.5, 0.6) is 0 Å². The van der Waals surface area contributed by atoms with Crippen molar-refractivity contribution in [2.45, 2.75) is 78.1 Å². The molecule has 2 fully saturated rings. The number of aldehydes is 1. The molecule has 0 saturated heterocycles. The molecule has 1 heteroatoms. The average Bonchev–Trinajstić information content (AvgIpc) is 2.49. The Bertz CT molecular complexity index is 315. The van der Waals surface area contributed by atoms with Crippen LogP contribution in [0, 0.1) is 23.7 Å². The molecule has 2 rings (SSSR count). The lowest BCUT2D eigenvalue weighted by atomic mass is 9.75. The van der Waals surface area contributed by atoms with E-state index in [0.717, 1.165) is 30.6 Å². The fourth-order valence-corrected chi connectivity index (χ4v) is 4.27. The molecular weight excluding hydrogens is 244 g/mol. The number of allylic oxidation sites excluding steroid dienone is 2. The van der Waals surface area contributed by atoms with Gasteiger partial charge in [0.15, 0.2) is 0 Å². The smallest absolute Gasteiger partial charge is 0.123 e. The topological polar surface area (TPSA) is 17.1 Å². The summed E-state index contributed by atoms with van der Waals surface area (Å²) in [6, 6.07) is 0. The van der Waals surface area contributed by atoms with Gasteiger partial charge in [-0.2, -0.15) is 0 Å². The second-order valence-corrected chi connectivity index (χ2v) is 7.23. The lowest BCUT2D eigenvalue weighted by molar-refractivity contribution is -0.112. The Morgan fingerprint density at radius 3 is 2.10 bits per heavy atom. The summed E-state index contributed by atoms with van der Waals surface area (Å²) in [6.07, 6.45) is 16.9. The zero-order valence-electron chi connectivity index (χ0n) is 13.4. The highest BCUT2D eigenvalue weighted by molar-refractivity contribution is 5.53. The molecule has 0 N–H and O–H groups in total. The van der Waals surface area contributed by atoms with E-state index in [0.29, 0.717) is 5.92 Å². The highest BCUT2D eigenvalue weighted by Crippen LogP contribution is 2.37. The molecule has 1 nitrogen and oxygen atoms in total. The van der Waals surface area contributed by atoms with E-state index >= 15 is 0 Å². The second kappa shape index (κ2) is 8.00. The normalized spacial score (nSPS) is 35.8. The van der Waals surface area contributed by atoms with Crippen molar-refractivity contribution < 1.29 is 4.79 Å². The number of rotatable bonds is 5. The molecule has 0 radical (unpaired) electrons. The van der Waals surface area contributed by atoms with E-state index < -0.39 is 0 Å². The Morgan fingerprint density at radius 1 is 0.950 bits per heavy atom. The zero-order valence-corrected chi connectivity index (χ0v) is 13.4. The first-order valence-electron chi connectivity index (χ1n) is 8.86. The highest BCUT2D eigenvalue weighted by atomic mass is 16.1. The molecule has 2 aliphatic rings. The second-order valence-electron chi connectivity index (χ2n) is 7.23. The molecule has 0 unspecified atom stereocenters. The predicted octanol–water partition coefficient (Wildman–Crippen LogP) is 5.54. The predicted molar refractivity (Wildman–Crippen MR) is 85.6 cm³/mol. The van der Waals surface area contributed by atoms with Crippen molar-refractivity contribution in [3.8, 4) is 0 Å². The van der Waals surface area contributed by atoms with Crippen LogP contribution in [0.2, 0.25) is 0 Å². The maximum absolute atomic E-state index is 10.8.